The summed E-state index contributed by atoms with van der Waals surface area (Å²) in [4.78, 5) is 13.1. The second-order valence-corrected chi connectivity index (χ2v) is 4.02. The minimum absolute atomic E-state index is 0.0822. The van der Waals surface area contributed by atoms with Crippen LogP contribution in [0.5, 0.6) is 0 Å². The van der Waals surface area contributed by atoms with E-state index < -0.39 is 6.10 Å². The maximum absolute atomic E-state index is 11.5. The number of carbonyl (C=O) groups excluding carboxylic acids is 1. The number of urea groups is 1. The van der Waals surface area contributed by atoms with Gasteiger partial charge < -0.3 is 15.3 Å². The molecule has 0 radical (unpaired) electrons. The highest BCUT2D eigenvalue weighted by Gasteiger charge is 2.22. The second-order valence-electron chi connectivity index (χ2n) is 4.02. The quantitative estimate of drug-likeness (QED) is 0.784. The number of aliphatic hydroxyl groups is 1. The molecule has 1 fully saturated rings. The Kier molecular flexibility index (Phi) is 3.41. The molecule has 1 aromatic carbocycles. The van der Waals surface area contributed by atoms with Crippen LogP contribution in [0.1, 0.15) is 5.56 Å². The van der Waals surface area contributed by atoms with Gasteiger partial charge in [-0.05, 0) is 12.0 Å². The molecule has 2 amide bonds. The van der Waals surface area contributed by atoms with Gasteiger partial charge >= 0.3 is 6.03 Å². The maximum Gasteiger partial charge on any atom is 0.317 e. The van der Waals surface area contributed by atoms with Crippen molar-refractivity contribution in [2.24, 2.45) is 0 Å². The van der Waals surface area contributed by atoms with Crippen LogP contribution in [0.15, 0.2) is 30.3 Å². The van der Waals surface area contributed by atoms with E-state index in [1.165, 1.54) is 5.56 Å². The average molecular weight is 220 g/mol. The molecule has 0 saturated carbocycles. The van der Waals surface area contributed by atoms with Crippen LogP contribution in [0.25, 0.3) is 0 Å². The fourth-order valence-electron chi connectivity index (χ4n) is 1.82. The van der Waals surface area contributed by atoms with Crippen LogP contribution in [0.3, 0.4) is 0 Å². The van der Waals surface area contributed by atoms with Crippen molar-refractivity contribution in [1.82, 2.24) is 10.2 Å². The molecule has 86 valence electrons. The summed E-state index contributed by atoms with van der Waals surface area (Å²) in [5, 5.41) is 12.1. The zero-order valence-corrected chi connectivity index (χ0v) is 9.10. The van der Waals surface area contributed by atoms with Crippen molar-refractivity contribution < 1.29 is 9.90 Å². The Hall–Kier alpha value is -1.55. The van der Waals surface area contributed by atoms with Crippen LogP contribution in [0, 0.1) is 0 Å². The fraction of sp³-hybridized carbons (Fsp3) is 0.417. The van der Waals surface area contributed by atoms with Crippen molar-refractivity contribution in [2.75, 3.05) is 19.6 Å². The van der Waals surface area contributed by atoms with Gasteiger partial charge in [0.1, 0.15) is 0 Å². The number of amides is 2. The van der Waals surface area contributed by atoms with Crippen LogP contribution in [-0.2, 0) is 6.42 Å². The van der Waals surface area contributed by atoms with Crippen LogP contribution < -0.4 is 5.32 Å². The van der Waals surface area contributed by atoms with Crippen LogP contribution in [0.2, 0.25) is 0 Å². The van der Waals surface area contributed by atoms with Crippen molar-refractivity contribution >= 4 is 6.03 Å². The van der Waals surface area contributed by atoms with E-state index in [0.29, 0.717) is 19.6 Å². The first kappa shape index (κ1) is 11.0. The molecule has 0 spiro atoms. The first-order chi connectivity index (χ1) is 7.75. The molecule has 1 aliphatic heterocycles. The lowest BCUT2D eigenvalue weighted by atomic mass is 10.1. The summed E-state index contributed by atoms with van der Waals surface area (Å²) in [7, 11) is 0. The van der Waals surface area contributed by atoms with Gasteiger partial charge in [-0.3, -0.25) is 0 Å². The Morgan fingerprint density at radius 3 is 2.88 bits per heavy atom. The summed E-state index contributed by atoms with van der Waals surface area (Å²) in [5.41, 5.74) is 1.20. The van der Waals surface area contributed by atoms with Gasteiger partial charge in [-0.15, -0.1) is 0 Å². The summed E-state index contributed by atoms with van der Waals surface area (Å²) in [6, 6.07) is 9.94. The van der Waals surface area contributed by atoms with Crippen LogP contribution >= 0.6 is 0 Å². The number of benzene rings is 1. The van der Waals surface area contributed by atoms with Gasteiger partial charge in [-0.25, -0.2) is 4.79 Å². The van der Waals surface area contributed by atoms with Gasteiger partial charge in [-0.1, -0.05) is 30.3 Å². The Labute approximate surface area is 94.9 Å². The Balaban J connectivity index is 1.87. The van der Waals surface area contributed by atoms with Gasteiger partial charge in [-0.2, -0.15) is 0 Å². The zero-order chi connectivity index (χ0) is 11.4. The largest absolute Gasteiger partial charge is 0.389 e. The molecule has 0 bridgehead atoms. The first-order valence-electron chi connectivity index (χ1n) is 5.50. The summed E-state index contributed by atoms with van der Waals surface area (Å²) >= 11 is 0. The number of hydrogen-bond acceptors (Lipinski definition) is 2. The molecule has 4 heteroatoms. The van der Waals surface area contributed by atoms with E-state index in [2.05, 4.69) is 5.32 Å². The van der Waals surface area contributed by atoms with E-state index >= 15 is 0 Å². The van der Waals surface area contributed by atoms with E-state index in [-0.39, 0.29) is 6.03 Å². The molecular weight excluding hydrogens is 204 g/mol. The van der Waals surface area contributed by atoms with E-state index in [4.69, 9.17) is 0 Å². The normalized spacial score (nSPS) is 20.7. The summed E-state index contributed by atoms with van der Waals surface area (Å²) in [6.45, 7) is 1.44. The Bertz CT molecular complexity index is 353. The van der Waals surface area contributed by atoms with Gasteiger partial charge in [0.2, 0.25) is 0 Å². The molecule has 0 aromatic heterocycles. The molecular formula is C12H16N2O2. The predicted octanol–water partition coefficient (Wildman–Crippen LogP) is 0.615. The minimum Gasteiger partial charge on any atom is -0.389 e. The molecule has 1 aliphatic rings. The smallest absolute Gasteiger partial charge is 0.317 e. The van der Waals surface area contributed by atoms with E-state index in [0.717, 1.165) is 6.42 Å². The van der Waals surface area contributed by atoms with Crippen LogP contribution in [0.4, 0.5) is 4.79 Å². The highest BCUT2D eigenvalue weighted by molar-refractivity contribution is 5.75. The summed E-state index contributed by atoms with van der Waals surface area (Å²) in [5.74, 6) is 0. The predicted molar refractivity (Wildman–Crippen MR) is 61.1 cm³/mol. The average Bonchev–Trinajstić information content (AvgIpc) is 2.32. The van der Waals surface area contributed by atoms with Crippen molar-refractivity contribution in [3.63, 3.8) is 0 Å². The highest BCUT2D eigenvalue weighted by Crippen LogP contribution is 2.04. The van der Waals surface area contributed by atoms with Gasteiger partial charge in [0.15, 0.2) is 0 Å². The Morgan fingerprint density at radius 2 is 2.12 bits per heavy atom. The summed E-state index contributed by atoms with van der Waals surface area (Å²) in [6.07, 6.45) is 0.370. The molecule has 1 saturated heterocycles. The molecule has 1 heterocycles. The number of nitrogens with one attached hydrogen (secondary N) is 1. The third-order valence-corrected chi connectivity index (χ3v) is 2.72. The van der Waals surface area contributed by atoms with E-state index in [9.17, 15) is 9.90 Å². The second kappa shape index (κ2) is 4.99. The van der Waals surface area contributed by atoms with Gasteiger partial charge in [0, 0.05) is 13.1 Å². The first-order valence-corrected chi connectivity index (χ1v) is 5.50. The molecule has 1 aromatic rings. The van der Waals surface area contributed by atoms with Crippen molar-refractivity contribution in [3.05, 3.63) is 35.9 Å². The summed E-state index contributed by atoms with van der Waals surface area (Å²) < 4.78 is 0. The Morgan fingerprint density at radius 1 is 1.38 bits per heavy atom. The molecule has 16 heavy (non-hydrogen) atoms. The highest BCUT2D eigenvalue weighted by atomic mass is 16.3. The van der Waals surface area contributed by atoms with Crippen molar-refractivity contribution in [1.29, 1.82) is 0 Å². The number of hydrogen-bond donors (Lipinski definition) is 2. The molecule has 4 nitrogen and oxygen atoms in total. The number of nitrogens with zero attached hydrogens (tertiary/aromatic N) is 1. The van der Waals surface area contributed by atoms with E-state index in [1.807, 2.05) is 30.3 Å². The molecule has 1 atom stereocenters. The van der Waals surface area contributed by atoms with Crippen LogP contribution in [-0.4, -0.2) is 41.8 Å². The molecule has 0 aliphatic carbocycles. The maximum atomic E-state index is 11.5. The van der Waals surface area contributed by atoms with E-state index in [1.54, 1.807) is 4.90 Å². The number of β-amino-alcohol motifs (C(OH)–C–C–N with tert-alkyl or cyclic N) is 1. The van der Waals surface area contributed by atoms with Crippen molar-refractivity contribution in [2.45, 2.75) is 12.5 Å². The fourth-order valence-corrected chi connectivity index (χ4v) is 1.82. The number of aliphatic hydroxyl groups excluding tert-OH is 1. The standard InChI is InChI=1S/C12H16N2O2/c15-11-8-13-12(16)14(9-11)7-6-10-4-2-1-3-5-10/h1-5,11,15H,6-9H2,(H,13,16). The SMILES string of the molecule is O=C1NCC(O)CN1CCc1ccccc1. The third-order valence-electron chi connectivity index (χ3n) is 2.72. The number of carbonyl (C=O) groups is 1. The third kappa shape index (κ3) is 2.73. The molecule has 2 N–H and O–H groups in total. The topological polar surface area (TPSA) is 52.6 Å². The van der Waals surface area contributed by atoms with Gasteiger partial charge in [0.05, 0.1) is 12.6 Å². The molecule has 1 unspecified atom stereocenters. The van der Waals surface area contributed by atoms with Crippen molar-refractivity contribution in [3.8, 4) is 0 Å². The number of rotatable bonds is 3. The molecule has 2 rings (SSSR count). The lowest BCUT2D eigenvalue weighted by molar-refractivity contribution is 0.0967. The zero-order valence-electron chi connectivity index (χ0n) is 9.10. The minimum atomic E-state index is -0.450. The lowest BCUT2D eigenvalue weighted by Crippen LogP contribution is -2.53. The lowest BCUT2D eigenvalue weighted by Gasteiger charge is -2.30. The van der Waals surface area contributed by atoms with Gasteiger partial charge in [0.25, 0.3) is 0 Å². The monoisotopic (exact) mass is 220 g/mol.